The highest BCUT2D eigenvalue weighted by molar-refractivity contribution is 5.94. The van der Waals surface area contributed by atoms with E-state index in [0.29, 0.717) is 5.75 Å². The van der Waals surface area contributed by atoms with Crippen LogP contribution in [0.15, 0.2) is 24.3 Å². The van der Waals surface area contributed by atoms with Gasteiger partial charge in [0.15, 0.2) is 6.10 Å². The third kappa shape index (κ3) is 5.08. The highest BCUT2D eigenvalue weighted by atomic mass is 19.4. The van der Waals surface area contributed by atoms with Gasteiger partial charge >= 0.3 is 6.18 Å². The van der Waals surface area contributed by atoms with E-state index in [-0.39, 0.29) is 11.7 Å². The van der Waals surface area contributed by atoms with Crippen LogP contribution in [-0.4, -0.2) is 35.9 Å². The number of ether oxygens (including phenoxy) is 1. The van der Waals surface area contributed by atoms with E-state index in [1.807, 2.05) is 19.2 Å². The average Bonchev–Trinajstić information content (AvgIpc) is 2.33. The first kappa shape index (κ1) is 16.3. The van der Waals surface area contributed by atoms with Crippen LogP contribution in [0.2, 0.25) is 0 Å². The highest BCUT2D eigenvalue weighted by Crippen LogP contribution is 2.19. The summed E-state index contributed by atoms with van der Waals surface area (Å²) in [6.45, 7) is 2.73. The molecule has 2 N–H and O–H groups in total. The van der Waals surface area contributed by atoms with Gasteiger partial charge in [-0.2, -0.15) is 13.2 Å². The van der Waals surface area contributed by atoms with Crippen molar-refractivity contribution in [2.75, 3.05) is 6.54 Å². The Hall–Kier alpha value is -1.76. The Balaban J connectivity index is 2.64. The molecule has 0 heterocycles. The van der Waals surface area contributed by atoms with Crippen LogP contribution in [0.4, 0.5) is 13.2 Å². The van der Waals surface area contributed by atoms with Crippen LogP contribution in [0.5, 0.6) is 5.75 Å². The molecule has 20 heavy (non-hydrogen) atoms. The smallest absolute Gasteiger partial charge is 0.416 e. The quantitative estimate of drug-likeness (QED) is 0.873. The maximum Gasteiger partial charge on any atom is 0.416 e. The van der Waals surface area contributed by atoms with Crippen molar-refractivity contribution in [1.82, 2.24) is 5.32 Å². The zero-order chi connectivity index (χ0) is 15.3. The van der Waals surface area contributed by atoms with Crippen LogP contribution < -0.4 is 10.1 Å². The molecule has 1 aromatic rings. The summed E-state index contributed by atoms with van der Waals surface area (Å²) in [5, 5.41) is 10.8. The third-order valence-electron chi connectivity index (χ3n) is 2.30. The van der Waals surface area contributed by atoms with Gasteiger partial charge in [0, 0.05) is 5.56 Å². The lowest BCUT2D eigenvalue weighted by atomic mass is 10.2. The van der Waals surface area contributed by atoms with Crippen molar-refractivity contribution in [3.8, 4) is 5.75 Å². The van der Waals surface area contributed by atoms with Gasteiger partial charge in [-0.1, -0.05) is 6.07 Å². The molecule has 0 aliphatic carbocycles. The van der Waals surface area contributed by atoms with Crippen molar-refractivity contribution >= 4 is 5.91 Å². The number of carbonyl (C=O) groups excluding carboxylic acids is 1. The monoisotopic (exact) mass is 291 g/mol. The molecular formula is C13H16F3NO3. The van der Waals surface area contributed by atoms with E-state index in [1.165, 1.54) is 12.1 Å². The van der Waals surface area contributed by atoms with E-state index < -0.39 is 24.7 Å². The normalized spacial score (nSPS) is 13.2. The first-order valence-corrected chi connectivity index (χ1v) is 6.00. The van der Waals surface area contributed by atoms with E-state index in [2.05, 4.69) is 0 Å². The van der Waals surface area contributed by atoms with Gasteiger partial charge in [-0.15, -0.1) is 0 Å². The molecule has 7 heteroatoms. The maximum absolute atomic E-state index is 12.1. The summed E-state index contributed by atoms with van der Waals surface area (Å²) in [5.41, 5.74) is 0.164. The fourth-order valence-corrected chi connectivity index (χ4v) is 1.39. The molecule has 0 aromatic heterocycles. The summed E-state index contributed by atoms with van der Waals surface area (Å²) in [7, 11) is 0. The number of nitrogens with one attached hydrogen (secondary N) is 1. The van der Waals surface area contributed by atoms with Gasteiger partial charge in [0.2, 0.25) is 0 Å². The van der Waals surface area contributed by atoms with Crippen LogP contribution >= 0.6 is 0 Å². The highest BCUT2D eigenvalue weighted by Gasteiger charge is 2.38. The molecule has 0 fully saturated rings. The van der Waals surface area contributed by atoms with Crippen LogP contribution in [-0.2, 0) is 0 Å². The molecule has 1 aromatic carbocycles. The standard InChI is InChI=1S/C13H16F3NO3/c1-8(2)20-10-5-3-4-9(6-10)12(19)17-7-11(18)13(14,15)16/h3-6,8,11,18H,7H2,1-2H3,(H,17,19). The minimum Gasteiger partial charge on any atom is -0.491 e. The lowest BCUT2D eigenvalue weighted by molar-refractivity contribution is -0.201. The second-order valence-electron chi connectivity index (χ2n) is 4.46. The number of halogens is 3. The van der Waals surface area contributed by atoms with Crippen molar-refractivity contribution < 1.29 is 27.8 Å². The van der Waals surface area contributed by atoms with Crippen LogP contribution in [0.1, 0.15) is 24.2 Å². The molecule has 0 saturated heterocycles. The number of amides is 1. The minimum absolute atomic E-state index is 0.0830. The van der Waals surface area contributed by atoms with Crippen molar-refractivity contribution in [3.63, 3.8) is 0 Å². The second kappa shape index (κ2) is 6.60. The largest absolute Gasteiger partial charge is 0.491 e. The van der Waals surface area contributed by atoms with Gasteiger partial charge in [0.1, 0.15) is 5.75 Å². The zero-order valence-electron chi connectivity index (χ0n) is 11.1. The van der Waals surface area contributed by atoms with Gasteiger partial charge in [0.05, 0.1) is 12.6 Å². The number of rotatable bonds is 5. The molecule has 1 amide bonds. The lowest BCUT2D eigenvalue weighted by Crippen LogP contribution is -2.40. The minimum atomic E-state index is -4.75. The van der Waals surface area contributed by atoms with E-state index in [0.717, 1.165) is 0 Å². The van der Waals surface area contributed by atoms with Gasteiger partial charge in [-0.05, 0) is 32.0 Å². The van der Waals surface area contributed by atoms with Crippen LogP contribution in [0.25, 0.3) is 0 Å². The van der Waals surface area contributed by atoms with E-state index in [4.69, 9.17) is 9.84 Å². The molecule has 1 atom stereocenters. The fraction of sp³-hybridized carbons (Fsp3) is 0.462. The maximum atomic E-state index is 12.1. The Morgan fingerprint density at radius 3 is 2.60 bits per heavy atom. The van der Waals surface area contributed by atoms with E-state index >= 15 is 0 Å². The topological polar surface area (TPSA) is 58.6 Å². The molecule has 0 aliphatic heterocycles. The summed E-state index contributed by atoms with van der Waals surface area (Å²) >= 11 is 0. The molecule has 0 spiro atoms. The number of alkyl halides is 3. The molecule has 0 radical (unpaired) electrons. The van der Waals surface area contributed by atoms with E-state index in [9.17, 15) is 18.0 Å². The van der Waals surface area contributed by atoms with Crippen LogP contribution in [0, 0.1) is 0 Å². The molecule has 0 saturated carbocycles. The number of hydrogen-bond donors (Lipinski definition) is 2. The Morgan fingerprint density at radius 2 is 2.05 bits per heavy atom. The lowest BCUT2D eigenvalue weighted by Gasteiger charge is -2.15. The van der Waals surface area contributed by atoms with Gasteiger partial charge in [-0.3, -0.25) is 4.79 Å². The average molecular weight is 291 g/mol. The predicted molar refractivity (Wildman–Crippen MR) is 66.6 cm³/mol. The summed E-state index contributed by atoms with van der Waals surface area (Å²) in [4.78, 5) is 11.7. The molecule has 0 bridgehead atoms. The molecule has 1 unspecified atom stereocenters. The van der Waals surface area contributed by atoms with Gasteiger partial charge in [0.25, 0.3) is 5.91 Å². The summed E-state index contributed by atoms with van der Waals surface area (Å²) in [6, 6.07) is 6.08. The summed E-state index contributed by atoms with van der Waals surface area (Å²) in [6.07, 6.45) is -7.42. The second-order valence-corrected chi connectivity index (χ2v) is 4.46. The third-order valence-corrected chi connectivity index (χ3v) is 2.30. The molecule has 4 nitrogen and oxygen atoms in total. The first-order valence-electron chi connectivity index (χ1n) is 6.00. The molecule has 0 aliphatic rings. The van der Waals surface area contributed by atoms with Crippen molar-refractivity contribution in [2.45, 2.75) is 32.2 Å². The number of hydrogen-bond acceptors (Lipinski definition) is 3. The Bertz CT molecular complexity index is 460. The van der Waals surface area contributed by atoms with Crippen LogP contribution in [0.3, 0.4) is 0 Å². The predicted octanol–water partition coefficient (Wildman–Crippen LogP) is 2.13. The number of aliphatic hydroxyl groups is 1. The summed E-state index contributed by atoms with van der Waals surface area (Å²) in [5.74, 6) is -0.258. The van der Waals surface area contributed by atoms with Gasteiger partial charge < -0.3 is 15.2 Å². The van der Waals surface area contributed by atoms with E-state index in [1.54, 1.807) is 12.1 Å². The Kier molecular flexibility index (Phi) is 5.38. The van der Waals surface area contributed by atoms with Crippen molar-refractivity contribution in [3.05, 3.63) is 29.8 Å². The van der Waals surface area contributed by atoms with Gasteiger partial charge in [-0.25, -0.2) is 0 Å². The van der Waals surface area contributed by atoms with Crippen molar-refractivity contribution in [1.29, 1.82) is 0 Å². The Morgan fingerprint density at radius 1 is 1.40 bits per heavy atom. The summed E-state index contributed by atoms with van der Waals surface area (Å²) < 4.78 is 41.6. The fourth-order valence-electron chi connectivity index (χ4n) is 1.39. The number of aliphatic hydroxyl groups excluding tert-OH is 1. The molecule has 1 rings (SSSR count). The number of carbonyl (C=O) groups is 1. The number of benzene rings is 1. The zero-order valence-corrected chi connectivity index (χ0v) is 11.1. The van der Waals surface area contributed by atoms with Crippen molar-refractivity contribution in [2.24, 2.45) is 0 Å². The Labute approximate surface area is 114 Å². The molecule has 112 valence electrons. The SMILES string of the molecule is CC(C)Oc1cccc(C(=O)NCC(O)C(F)(F)F)c1. The first-order chi connectivity index (χ1) is 9.20. The molecular weight excluding hydrogens is 275 g/mol.